The van der Waals surface area contributed by atoms with Gasteiger partial charge in [0, 0.05) is 18.3 Å². The van der Waals surface area contributed by atoms with Crippen molar-refractivity contribution in [3.8, 4) is 0 Å². The van der Waals surface area contributed by atoms with Gasteiger partial charge in [-0.15, -0.1) is 0 Å². The van der Waals surface area contributed by atoms with Crippen LogP contribution in [-0.4, -0.2) is 10.9 Å². The van der Waals surface area contributed by atoms with Crippen LogP contribution in [0.4, 0.5) is 0 Å². The maximum Gasteiger partial charge on any atom is 0.220 e. The highest BCUT2D eigenvalue weighted by Crippen LogP contribution is 2.10. The van der Waals surface area contributed by atoms with Crippen LogP contribution in [0.1, 0.15) is 18.9 Å². The Morgan fingerprint density at radius 1 is 1.69 bits per heavy atom. The summed E-state index contributed by atoms with van der Waals surface area (Å²) in [4.78, 5) is 14.9. The van der Waals surface area contributed by atoms with Crippen molar-refractivity contribution in [3.63, 3.8) is 0 Å². The third kappa shape index (κ3) is 2.86. The summed E-state index contributed by atoms with van der Waals surface area (Å²) in [6.07, 6.45) is 4.96. The third-order valence-electron chi connectivity index (χ3n) is 2.10. The maximum atomic E-state index is 10.9. The van der Waals surface area contributed by atoms with Gasteiger partial charge in [0.2, 0.25) is 5.91 Å². The highest BCUT2D eigenvalue weighted by atomic mass is 16.1. The van der Waals surface area contributed by atoms with Gasteiger partial charge in [-0.25, -0.2) is 0 Å². The number of pyridine rings is 1. The first-order chi connectivity index (χ1) is 6.24. The van der Waals surface area contributed by atoms with E-state index in [1.54, 1.807) is 12.4 Å². The number of rotatable bonds is 4. The lowest BCUT2D eigenvalue weighted by molar-refractivity contribution is -0.121. The van der Waals surface area contributed by atoms with E-state index in [2.05, 4.69) is 4.98 Å². The summed E-state index contributed by atoms with van der Waals surface area (Å²) in [5, 5.41) is 0. The van der Waals surface area contributed by atoms with Crippen LogP contribution < -0.4 is 5.73 Å². The van der Waals surface area contributed by atoms with Gasteiger partial charge in [0.1, 0.15) is 0 Å². The van der Waals surface area contributed by atoms with Gasteiger partial charge >= 0.3 is 0 Å². The Morgan fingerprint density at radius 2 is 2.46 bits per heavy atom. The highest BCUT2D eigenvalue weighted by molar-refractivity contribution is 5.76. The molecule has 3 heteroatoms. The molecule has 0 saturated heterocycles. The summed E-state index contributed by atoms with van der Waals surface area (Å²) in [7, 11) is 0. The van der Waals surface area contributed by atoms with Crippen molar-refractivity contribution >= 4 is 5.91 Å². The summed E-state index contributed by atoms with van der Waals surface area (Å²) >= 11 is 0. The monoisotopic (exact) mass is 178 g/mol. The Labute approximate surface area is 78.0 Å². The Hall–Kier alpha value is -1.38. The van der Waals surface area contributed by atoms with Crippen molar-refractivity contribution < 1.29 is 4.79 Å². The molecule has 0 saturated carbocycles. The molecule has 0 spiro atoms. The Balaban J connectivity index is 2.62. The molecule has 1 aromatic heterocycles. The highest BCUT2D eigenvalue weighted by Gasteiger charge is 2.12. The van der Waals surface area contributed by atoms with Crippen LogP contribution in [0.2, 0.25) is 0 Å². The van der Waals surface area contributed by atoms with Crippen LogP contribution in [-0.2, 0) is 11.2 Å². The molecule has 0 aliphatic rings. The number of nitrogens with two attached hydrogens (primary N) is 1. The van der Waals surface area contributed by atoms with Crippen LogP contribution in [0, 0.1) is 5.92 Å². The maximum absolute atomic E-state index is 10.9. The molecule has 1 amide bonds. The first-order valence-electron chi connectivity index (χ1n) is 4.42. The van der Waals surface area contributed by atoms with Gasteiger partial charge in [-0.3, -0.25) is 9.78 Å². The second kappa shape index (κ2) is 4.60. The van der Waals surface area contributed by atoms with E-state index >= 15 is 0 Å². The number of primary amides is 1. The normalized spacial score (nSPS) is 12.4. The molecule has 2 N–H and O–H groups in total. The number of carbonyl (C=O) groups is 1. The van der Waals surface area contributed by atoms with E-state index in [0.717, 1.165) is 12.0 Å². The zero-order valence-electron chi connectivity index (χ0n) is 7.73. The van der Waals surface area contributed by atoms with Crippen molar-refractivity contribution in [2.24, 2.45) is 11.7 Å². The average Bonchev–Trinajstić information content (AvgIpc) is 2.15. The molecule has 0 bridgehead atoms. The van der Waals surface area contributed by atoms with E-state index in [4.69, 9.17) is 5.73 Å². The standard InChI is InChI=1S/C10H14N2O/c1-2-9(10(11)13)6-8-4-3-5-12-7-8/h3-5,7,9H,2,6H2,1H3,(H2,11,13). The molecule has 0 aliphatic carbocycles. The van der Waals surface area contributed by atoms with Gasteiger partial charge in [-0.05, 0) is 24.5 Å². The van der Waals surface area contributed by atoms with Gasteiger partial charge < -0.3 is 5.73 Å². The SMILES string of the molecule is CCC(Cc1cccnc1)C(N)=O. The molecule has 70 valence electrons. The lowest BCUT2D eigenvalue weighted by Crippen LogP contribution is -2.24. The van der Waals surface area contributed by atoms with Crippen LogP contribution in [0.15, 0.2) is 24.5 Å². The van der Waals surface area contributed by atoms with E-state index in [1.165, 1.54) is 0 Å². The van der Waals surface area contributed by atoms with Crippen molar-refractivity contribution in [2.75, 3.05) is 0 Å². The minimum Gasteiger partial charge on any atom is -0.369 e. The Morgan fingerprint density at radius 3 is 2.92 bits per heavy atom. The molecular weight excluding hydrogens is 164 g/mol. The van der Waals surface area contributed by atoms with Crippen molar-refractivity contribution in [2.45, 2.75) is 19.8 Å². The number of nitrogens with zero attached hydrogens (tertiary/aromatic N) is 1. The molecule has 1 aromatic rings. The number of amides is 1. The Bertz CT molecular complexity index is 272. The molecule has 1 rings (SSSR count). The van der Waals surface area contributed by atoms with Crippen molar-refractivity contribution in [1.29, 1.82) is 0 Å². The molecular formula is C10H14N2O. The van der Waals surface area contributed by atoms with E-state index in [0.29, 0.717) is 6.42 Å². The molecule has 1 heterocycles. The lowest BCUT2D eigenvalue weighted by atomic mass is 9.97. The number of aromatic nitrogens is 1. The predicted octanol–water partition coefficient (Wildman–Crippen LogP) is 1.14. The number of carbonyl (C=O) groups excluding carboxylic acids is 1. The number of hydrogen-bond donors (Lipinski definition) is 1. The molecule has 1 unspecified atom stereocenters. The molecule has 3 nitrogen and oxygen atoms in total. The van der Waals surface area contributed by atoms with E-state index in [1.807, 2.05) is 19.1 Å². The summed E-state index contributed by atoms with van der Waals surface area (Å²) in [5.74, 6) is -0.296. The van der Waals surface area contributed by atoms with Gasteiger partial charge in [-0.1, -0.05) is 13.0 Å². The minimum atomic E-state index is -0.230. The van der Waals surface area contributed by atoms with Crippen molar-refractivity contribution in [1.82, 2.24) is 4.98 Å². The summed E-state index contributed by atoms with van der Waals surface area (Å²) < 4.78 is 0. The number of hydrogen-bond acceptors (Lipinski definition) is 2. The van der Waals surface area contributed by atoms with Crippen LogP contribution in [0.5, 0.6) is 0 Å². The summed E-state index contributed by atoms with van der Waals surface area (Å²) in [6, 6.07) is 3.82. The summed E-state index contributed by atoms with van der Waals surface area (Å²) in [6.45, 7) is 1.96. The van der Waals surface area contributed by atoms with E-state index < -0.39 is 0 Å². The topological polar surface area (TPSA) is 56.0 Å². The molecule has 0 fully saturated rings. The van der Waals surface area contributed by atoms with Gasteiger partial charge in [0.15, 0.2) is 0 Å². The zero-order chi connectivity index (χ0) is 9.68. The minimum absolute atomic E-state index is 0.0656. The molecule has 0 aromatic carbocycles. The van der Waals surface area contributed by atoms with Crippen LogP contribution in [0.25, 0.3) is 0 Å². The predicted molar refractivity (Wildman–Crippen MR) is 50.9 cm³/mol. The molecule has 1 atom stereocenters. The fourth-order valence-electron chi connectivity index (χ4n) is 1.25. The molecule has 0 radical (unpaired) electrons. The average molecular weight is 178 g/mol. The summed E-state index contributed by atoms with van der Waals surface area (Å²) in [5.41, 5.74) is 6.30. The zero-order valence-corrected chi connectivity index (χ0v) is 7.73. The largest absolute Gasteiger partial charge is 0.369 e. The fraction of sp³-hybridized carbons (Fsp3) is 0.400. The van der Waals surface area contributed by atoms with Gasteiger partial charge in [0.05, 0.1) is 0 Å². The van der Waals surface area contributed by atoms with Crippen LogP contribution >= 0.6 is 0 Å². The second-order valence-electron chi connectivity index (χ2n) is 3.07. The quantitative estimate of drug-likeness (QED) is 0.751. The third-order valence-corrected chi connectivity index (χ3v) is 2.10. The lowest BCUT2D eigenvalue weighted by Gasteiger charge is -2.09. The van der Waals surface area contributed by atoms with Gasteiger partial charge in [0.25, 0.3) is 0 Å². The smallest absolute Gasteiger partial charge is 0.220 e. The Kier molecular flexibility index (Phi) is 3.43. The van der Waals surface area contributed by atoms with Gasteiger partial charge in [-0.2, -0.15) is 0 Å². The van der Waals surface area contributed by atoms with E-state index in [9.17, 15) is 4.79 Å². The first-order valence-corrected chi connectivity index (χ1v) is 4.42. The van der Waals surface area contributed by atoms with Crippen LogP contribution in [0.3, 0.4) is 0 Å². The first kappa shape index (κ1) is 9.71. The fourth-order valence-corrected chi connectivity index (χ4v) is 1.25. The molecule has 0 aliphatic heterocycles. The van der Waals surface area contributed by atoms with E-state index in [-0.39, 0.29) is 11.8 Å². The second-order valence-corrected chi connectivity index (χ2v) is 3.07. The van der Waals surface area contributed by atoms with Crippen molar-refractivity contribution in [3.05, 3.63) is 30.1 Å². The molecule has 13 heavy (non-hydrogen) atoms.